The lowest BCUT2D eigenvalue weighted by Gasteiger charge is -2.13. The summed E-state index contributed by atoms with van der Waals surface area (Å²) >= 11 is 0. The van der Waals surface area contributed by atoms with Gasteiger partial charge in [-0.15, -0.1) is 0 Å². The molecule has 0 saturated heterocycles. The zero-order valence-electron chi connectivity index (χ0n) is 11.9. The van der Waals surface area contributed by atoms with Crippen LogP contribution in [0.4, 0.5) is 0 Å². The molecule has 22 heavy (non-hydrogen) atoms. The summed E-state index contributed by atoms with van der Waals surface area (Å²) in [5.41, 5.74) is 0. The highest BCUT2D eigenvalue weighted by molar-refractivity contribution is 5.96. The highest BCUT2D eigenvalue weighted by atomic mass is 16.5. The van der Waals surface area contributed by atoms with Crippen LogP contribution in [-0.2, 0) is 4.79 Å². The Hall–Kier alpha value is -3.01. The molecule has 4 heteroatoms. The van der Waals surface area contributed by atoms with Crippen LogP contribution < -0.4 is 9.47 Å². The first-order valence-electron chi connectivity index (χ1n) is 6.81. The van der Waals surface area contributed by atoms with Crippen molar-refractivity contribution in [3.8, 4) is 23.0 Å². The average Bonchev–Trinajstić information content (AvgIpc) is 2.52. The summed E-state index contributed by atoms with van der Waals surface area (Å²) in [5.74, 6) is 0.756. The van der Waals surface area contributed by atoms with E-state index in [-0.39, 0.29) is 11.5 Å². The van der Waals surface area contributed by atoms with Crippen molar-refractivity contribution in [2.75, 3.05) is 0 Å². The van der Waals surface area contributed by atoms with Gasteiger partial charge in [0.15, 0.2) is 11.5 Å². The molecule has 0 amide bonds. The molecule has 0 aliphatic rings. The number of ether oxygens (including phenoxy) is 2. The lowest BCUT2D eigenvalue weighted by molar-refractivity contribution is -0.131. The lowest BCUT2D eigenvalue weighted by Crippen LogP contribution is -2.02. The van der Waals surface area contributed by atoms with Gasteiger partial charge in [0.1, 0.15) is 11.5 Å². The number of fused-ring (bicyclic) bond motifs is 1. The van der Waals surface area contributed by atoms with E-state index in [4.69, 9.17) is 9.47 Å². The number of esters is 1. The molecule has 0 spiro atoms. The minimum Gasteiger partial charge on any atom is -0.504 e. The van der Waals surface area contributed by atoms with Crippen LogP contribution in [0.3, 0.4) is 0 Å². The van der Waals surface area contributed by atoms with Crippen LogP contribution in [0.25, 0.3) is 10.8 Å². The first-order valence-corrected chi connectivity index (χ1v) is 6.81. The van der Waals surface area contributed by atoms with Gasteiger partial charge in [-0.2, -0.15) is 0 Å². The number of carbonyl (C=O) groups excluding carboxylic acids is 1. The Kier molecular flexibility index (Phi) is 3.66. The van der Waals surface area contributed by atoms with E-state index >= 15 is 0 Å². The van der Waals surface area contributed by atoms with Crippen LogP contribution in [-0.4, -0.2) is 11.1 Å². The maximum Gasteiger partial charge on any atom is 0.308 e. The summed E-state index contributed by atoms with van der Waals surface area (Å²) in [6.07, 6.45) is 0. The maximum absolute atomic E-state index is 11.3. The second kappa shape index (κ2) is 5.77. The first-order chi connectivity index (χ1) is 10.6. The zero-order chi connectivity index (χ0) is 15.5. The van der Waals surface area contributed by atoms with Gasteiger partial charge >= 0.3 is 5.97 Å². The van der Waals surface area contributed by atoms with Gasteiger partial charge in [-0.1, -0.05) is 42.5 Å². The standard InChI is InChI=1S/C18H14O4/c1-12(19)21-16-11-17(22-13-7-3-2-4-8-13)18(20)15-10-6-5-9-14(15)16/h2-11,20H,1H3. The Labute approximate surface area is 127 Å². The van der Waals surface area contributed by atoms with Crippen molar-refractivity contribution in [1.82, 2.24) is 0 Å². The molecule has 110 valence electrons. The number of carbonyl (C=O) groups is 1. The fourth-order valence-electron chi connectivity index (χ4n) is 2.23. The van der Waals surface area contributed by atoms with Crippen molar-refractivity contribution in [2.24, 2.45) is 0 Å². The van der Waals surface area contributed by atoms with E-state index < -0.39 is 5.97 Å². The van der Waals surface area contributed by atoms with Gasteiger partial charge in [0, 0.05) is 23.8 Å². The van der Waals surface area contributed by atoms with E-state index in [2.05, 4.69) is 0 Å². The molecule has 0 unspecified atom stereocenters. The molecule has 0 atom stereocenters. The molecule has 0 heterocycles. The van der Waals surface area contributed by atoms with E-state index in [1.807, 2.05) is 24.3 Å². The van der Waals surface area contributed by atoms with Crippen LogP contribution >= 0.6 is 0 Å². The molecule has 0 bridgehead atoms. The molecule has 4 nitrogen and oxygen atoms in total. The fraction of sp³-hybridized carbons (Fsp3) is 0.0556. The minimum atomic E-state index is -0.429. The molecular weight excluding hydrogens is 280 g/mol. The van der Waals surface area contributed by atoms with Crippen molar-refractivity contribution in [3.63, 3.8) is 0 Å². The highest BCUT2D eigenvalue weighted by Crippen LogP contribution is 2.42. The Morgan fingerprint density at radius 3 is 2.23 bits per heavy atom. The van der Waals surface area contributed by atoms with Crippen molar-refractivity contribution in [3.05, 3.63) is 60.7 Å². The van der Waals surface area contributed by atoms with E-state index in [0.717, 1.165) is 0 Å². The largest absolute Gasteiger partial charge is 0.504 e. The number of hydrogen-bond donors (Lipinski definition) is 1. The molecule has 0 aliphatic carbocycles. The third-order valence-electron chi connectivity index (χ3n) is 3.17. The van der Waals surface area contributed by atoms with E-state index in [9.17, 15) is 9.90 Å². The van der Waals surface area contributed by atoms with E-state index in [0.29, 0.717) is 22.3 Å². The van der Waals surface area contributed by atoms with Crippen molar-refractivity contribution in [2.45, 2.75) is 6.92 Å². The molecule has 3 rings (SSSR count). The predicted octanol–water partition coefficient (Wildman–Crippen LogP) is 4.26. The Bertz CT molecular complexity index is 825. The quantitative estimate of drug-likeness (QED) is 0.579. The van der Waals surface area contributed by atoms with Crippen molar-refractivity contribution in [1.29, 1.82) is 0 Å². The third-order valence-corrected chi connectivity index (χ3v) is 3.17. The molecule has 1 N–H and O–H groups in total. The SMILES string of the molecule is CC(=O)Oc1cc(Oc2ccccc2)c(O)c2ccccc12. The number of benzene rings is 3. The smallest absolute Gasteiger partial charge is 0.308 e. The summed E-state index contributed by atoms with van der Waals surface area (Å²) in [6, 6.07) is 17.7. The number of para-hydroxylation sites is 1. The maximum atomic E-state index is 11.3. The minimum absolute atomic E-state index is 0.00959. The summed E-state index contributed by atoms with van der Waals surface area (Å²) in [4.78, 5) is 11.3. The Morgan fingerprint density at radius 2 is 1.55 bits per heavy atom. The summed E-state index contributed by atoms with van der Waals surface area (Å²) in [5, 5.41) is 11.6. The molecule has 0 aliphatic heterocycles. The van der Waals surface area contributed by atoms with Crippen LogP contribution in [0.1, 0.15) is 6.92 Å². The van der Waals surface area contributed by atoms with Crippen molar-refractivity contribution < 1.29 is 19.4 Å². The predicted molar refractivity (Wildman–Crippen MR) is 83.4 cm³/mol. The molecule has 3 aromatic carbocycles. The van der Waals surface area contributed by atoms with Gasteiger partial charge in [-0.05, 0) is 12.1 Å². The highest BCUT2D eigenvalue weighted by Gasteiger charge is 2.15. The van der Waals surface area contributed by atoms with Gasteiger partial charge in [0.25, 0.3) is 0 Å². The Balaban J connectivity index is 2.13. The number of hydrogen-bond acceptors (Lipinski definition) is 4. The summed E-state index contributed by atoms with van der Waals surface area (Å²) < 4.78 is 10.9. The lowest BCUT2D eigenvalue weighted by atomic mass is 10.1. The number of rotatable bonds is 3. The van der Waals surface area contributed by atoms with Gasteiger partial charge in [0.2, 0.25) is 0 Å². The van der Waals surface area contributed by atoms with Crippen LogP contribution in [0.15, 0.2) is 60.7 Å². The number of phenols is 1. The van der Waals surface area contributed by atoms with Crippen LogP contribution in [0, 0.1) is 0 Å². The zero-order valence-corrected chi connectivity index (χ0v) is 11.9. The molecule has 3 aromatic rings. The molecule has 0 aromatic heterocycles. The fourth-order valence-corrected chi connectivity index (χ4v) is 2.23. The molecular formula is C18H14O4. The second-order valence-corrected chi connectivity index (χ2v) is 4.78. The first kappa shape index (κ1) is 13.9. The monoisotopic (exact) mass is 294 g/mol. The van der Waals surface area contributed by atoms with Crippen LogP contribution in [0.2, 0.25) is 0 Å². The Morgan fingerprint density at radius 1 is 0.909 bits per heavy atom. The van der Waals surface area contributed by atoms with Crippen molar-refractivity contribution >= 4 is 16.7 Å². The molecule has 0 radical (unpaired) electrons. The number of aromatic hydroxyl groups is 1. The van der Waals surface area contributed by atoms with Gasteiger partial charge in [0.05, 0.1) is 0 Å². The summed E-state index contributed by atoms with van der Waals surface area (Å²) in [7, 11) is 0. The normalized spacial score (nSPS) is 10.4. The molecule has 0 saturated carbocycles. The van der Waals surface area contributed by atoms with Gasteiger partial charge in [-0.3, -0.25) is 4.79 Å². The molecule has 0 fully saturated rings. The summed E-state index contributed by atoms with van der Waals surface area (Å²) in [6.45, 7) is 1.33. The van der Waals surface area contributed by atoms with Gasteiger partial charge in [-0.25, -0.2) is 0 Å². The second-order valence-electron chi connectivity index (χ2n) is 4.78. The topological polar surface area (TPSA) is 55.8 Å². The van der Waals surface area contributed by atoms with Crippen LogP contribution in [0.5, 0.6) is 23.0 Å². The van der Waals surface area contributed by atoms with E-state index in [1.165, 1.54) is 13.0 Å². The average molecular weight is 294 g/mol. The number of phenolic OH excluding ortho intramolecular Hbond substituents is 1. The van der Waals surface area contributed by atoms with Gasteiger partial charge < -0.3 is 14.6 Å². The van der Waals surface area contributed by atoms with E-state index in [1.54, 1.807) is 30.3 Å². The third kappa shape index (κ3) is 2.72.